The Hall–Kier alpha value is -1.88. The highest BCUT2D eigenvalue weighted by molar-refractivity contribution is 6.30. The molecule has 1 heterocycles. The number of benzene rings is 1. The highest BCUT2D eigenvalue weighted by Crippen LogP contribution is 2.15. The molecule has 0 spiro atoms. The van der Waals surface area contributed by atoms with Crippen molar-refractivity contribution in [3.8, 4) is 0 Å². The average Bonchev–Trinajstić information content (AvgIpc) is 2.36. The molecule has 0 amide bonds. The van der Waals surface area contributed by atoms with Crippen LogP contribution in [0.25, 0.3) is 0 Å². The first-order valence-electron chi connectivity index (χ1n) is 6.23. The molecule has 0 saturated heterocycles. The number of halogens is 2. The number of rotatable bonds is 4. The van der Waals surface area contributed by atoms with Crippen molar-refractivity contribution in [2.45, 2.75) is 26.4 Å². The number of aromatic nitrogens is 2. The fourth-order valence-corrected chi connectivity index (χ4v) is 1.89. The molecule has 1 aromatic heterocycles. The van der Waals surface area contributed by atoms with E-state index in [-0.39, 0.29) is 23.2 Å². The Balaban J connectivity index is 2.21. The number of hydrogen-bond acceptors (Lipinski definition) is 3. The third-order valence-electron chi connectivity index (χ3n) is 2.64. The molecule has 6 heteroatoms. The molecule has 0 radical (unpaired) electrons. The Labute approximate surface area is 121 Å². The largest absolute Gasteiger partial charge is 0.381 e. The predicted octanol–water partition coefficient (Wildman–Crippen LogP) is 2.90. The number of hydrogen-bond donors (Lipinski definition) is 1. The summed E-state index contributed by atoms with van der Waals surface area (Å²) < 4.78 is 14.6. The van der Waals surface area contributed by atoms with Gasteiger partial charge in [0.25, 0.3) is 5.56 Å². The van der Waals surface area contributed by atoms with E-state index in [1.54, 1.807) is 12.3 Å². The molecule has 0 aliphatic heterocycles. The summed E-state index contributed by atoms with van der Waals surface area (Å²) in [6, 6.07) is 6.12. The molecule has 2 aromatic rings. The Bertz CT molecular complexity index is 670. The van der Waals surface area contributed by atoms with Gasteiger partial charge in [-0.05, 0) is 31.5 Å². The summed E-state index contributed by atoms with van der Waals surface area (Å²) in [4.78, 5) is 11.9. The Morgan fingerprint density at radius 2 is 2.15 bits per heavy atom. The van der Waals surface area contributed by atoms with Gasteiger partial charge in [0.1, 0.15) is 5.82 Å². The Kier molecular flexibility index (Phi) is 4.39. The van der Waals surface area contributed by atoms with Crippen molar-refractivity contribution in [3.05, 3.63) is 57.2 Å². The van der Waals surface area contributed by atoms with Gasteiger partial charge in [0.15, 0.2) is 0 Å². The summed E-state index contributed by atoms with van der Waals surface area (Å²) in [5.41, 5.74) is 1.06. The van der Waals surface area contributed by atoms with Crippen LogP contribution in [-0.2, 0) is 6.54 Å². The van der Waals surface area contributed by atoms with E-state index >= 15 is 0 Å². The van der Waals surface area contributed by atoms with Gasteiger partial charge in [-0.3, -0.25) is 4.79 Å². The lowest BCUT2D eigenvalue weighted by molar-refractivity contribution is 0.611. The van der Waals surface area contributed by atoms with Crippen LogP contribution in [0.3, 0.4) is 0 Å². The Morgan fingerprint density at radius 3 is 2.75 bits per heavy atom. The monoisotopic (exact) mass is 295 g/mol. The van der Waals surface area contributed by atoms with Crippen molar-refractivity contribution in [2.75, 3.05) is 5.32 Å². The van der Waals surface area contributed by atoms with Crippen LogP contribution in [0.4, 0.5) is 10.1 Å². The smallest absolute Gasteiger partial charge is 0.269 e. The summed E-state index contributed by atoms with van der Waals surface area (Å²) in [5, 5.41) is 7.23. The van der Waals surface area contributed by atoms with Crippen molar-refractivity contribution in [3.63, 3.8) is 0 Å². The summed E-state index contributed by atoms with van der Waals surface area (Å²) in [7, 11) is 0. The van der Waals surface area contributed by atoms with Crippen LogP contribution < -0.4 is 10.9 Å². The standard InChI is InChI=1S/C14H15ClFN3O/c1-9(2)18-11-6-14(20)19(17-7-11)8-10-3-4-12(15)13(16)5-10/h3-7,9,18H,8H2,1-2H3. The number of nitrogens with one attached hydrogen (secondary N) is 1. The second kappa shape index (κ2) is 6.05. The van der Waals surface area contributed by atoms with Gasteiger partial charge < -0.3 is 5.32 Å². The molecule has 0 saturated carbocycles. The maximum atomic E-state index is 13.3. The molecule has 0 aliphatic rings. The van der Waals surface area contributed by atoms with E-state index in [0.717, 1.165) is 0 Å². The van der Waals surface area contributed by atoms with Gasteiger partial charge >= 0.3 is 0 Å². The van der Waals surface area contributed by atoms with E-state index in [4.69, 9.17) is 11.6 Å². The van der Waals surface area contributed by atoms with Gasteiger partial charge in [0, 0.05) is 12.1 Å². The van der Waals surface area contributed by atoms with E-state index in [2.05, 4.69) is 10.4 Å². The highest BCUT2D eigenvalue weighted by Gasteiger charge is 2.05. The molecule has 0 unspecified atom stereocenters. The number of nitrogens with zero attached hydrogens (tertiary/aromatic N) is 2. The SMILES string of the molecule is CC(C)Nc1cnn(Cc2ccc(Cl)c(F)c2)c(=O)c1. The lowest BCUT2D eigenvalue weighted by atomic mass is 10.2. The first-order chi connectivity index (χ1) is 9.45. The summed E-state index contributed by atoms with van der Waals surface area (Å²) in [5.74, 6) is -0.504. The molecule has 0 atom stereocenters. The van der Waals surface area contributed by atoms with Crippen LogP contribution in [0.5, 0.6) is 0 Å². The zero-order chi connectivity index (χ0) is 14.7. The molecule has 0 bridgehead atoms. The van der Waals surface area contributed by atoms with E-state index in [9.17, 15) is 9.18 Å². The quantitative estimate of drug-likeness (QED) is 0.943. The van der Waals surface area contributed by atoms with E-state index in [1.807, 2.05) is 13.8 Å². The molecular formula is C14H15ClFN3O. The summed E-state index contributed by atoms with van der Waals surface area (Å²) >= 11 is 5.62. The van der Waals surface area contributed by atoms with Gasteiger partial charge in [-0.15, -0.1) is 0 Å². The number of anilines is 1. The zero-order valence-electron chi connectivity index (χ0n) is 11.2. The zero-order valence-corrected chi connectivity index (χ0v) is 12.0. The van der Waals surface area contributed by atoms with E-state index < -0.39 is 5.82 Å². The van der Waals surface area contributed by atoms with Crippen LogP contribution in [0.1, 0.15) is 19.4 Å². The highest BCUT2D eigenvalue weighted by atomic mass is 35.5. The van der Waals surface area contributed by atoms with Gasteiger partial charge in [0.2, 0.25) is 0 Å². The first-order valence-corrected chi connectivity index (χ1v) is 6.61. The van der Waals surface area contributed by atoms with Gasteiger partial charge in [-0.1, -0.05) is 17.7 Å². The third-order valence-corrected chi connectivity index (χ3v) is 2.95. The maximum absolute atomic E-state index is 13.3. The second-order valence-corrected chi connectivity index (χ2v) is 5.19. The van der Waals surface area contributed by atoms with E-state index in [0.29, 0.717) is 11.3 Å². The van der Waals surface area contributed by atoms with Gasteiger partial charge in [-0.25, -0.2) is 9.07 Å². The van der Waals surface area contributed by atoms with Crippen LogP contribution in [0, 0.1) is 5.82 Å². The van der Waals surface area contributed by atoms with E-state index in [1.165, 1.54) is 22.9 Å². The Morgan fingerprint density at radius 1 is 1.40 bits per heavy atom. The topological polar surface area (TPSA) is 46.9 Å². The minimum atomic E-state index is -0.504. The molecule has 106 valence electrons. The molecule has 20 heavy (non-hydrogen) atoms. The van der Waals surface area contributed by atoms with Crippen LogP contribution in [0.15, 0.2) is 35.3 Å². The minimum Gasteiger partial charge on any atom is -0.381 e. The van der Waals surface area contributed by atoms with Crippen LogP contribution in [0.2, 0.25) is 5.02 Å². The lowest BCUT2D eigenvalue weighted by Gasteiger charge is -2.10. The normalized spacial score (nSPS) is 10.8. The fraction of sp³-hybridized carbons (Fsp3) is 0.286. The van der Waals surface area contributed by atoms with Crippen molar-refractivity contribution >= 4 is 17.3 Å². The summed E-state index contributed by atoms with van der Waals surface area (Å²) in [6.45, 7) is 4.15. The minimum absolute atomic E-state index is 0.0607. The molecular weight excluding hydrogens is 281 g/mol. The molecule has 4 nitrogen and oxygen atoms in total. The van der Waals surface area contributed by atoms with Crippen molar-refractivity contribution in [1.82, 2.24) is 9.78 Å². The molecule has 0 fully saturated rings. The second-order valence-electron chi connectivity index (χ2n) is 4.79. The van der Waals surface area contributed by atoms with Gasteiger partial charge in [-0.2, -0.15) is 5.10 Å². The summed E-state index contributed by atoms with van der Waals surface area (Å²) in [6.07, 6.45) is 1.58. The van der Waals surface area contributed by atoms with Gasteiger partial charge in [0.05, 0.1) is 23.5 Å². The predicted molar refractivity (Wildman–Crippen MR) is 77.8 cm³/mol. The molecule has 1 N–H and O–H groups in total. The maximum Gasteiger partial charge on any atom is 0.269 e. The fourth-order valence-electron chi connectivity index (χ4n) is 1.78. The molecule has 2 rings (SSSR count). The molecule has 0 aliphatic carbocycles. The third kappa shape index (κ3) is 3.57. The van der Waals surface area contributed by atoms with Crippen LogP contribution in [-0.4, -0.2) is 15.8 Å². The molecule has 1 aromatic carbocycles. The lowest BCUT2D eigenvalue weighted by Crippen LogP contribution is -2.24. The van der Waals surface area contributed by atoms with Crippen molar-refractivity contribution < 1.29 is 4.39 Å². The average molecular weight is 296 g/mol. The van der Waals surface area contributed by atoms with Crippen LogP contribution >= 0.6 is 11.6 Å². The van der Waals surface area contributed by atoms with Crippen molar-refractivity contribution in [2.24, 2.45) is 0 Å². The van der Waals surface area contributed by atoms with Crippen molar-refractivity contribution in [1.29, 1.82) is 0 Å². The first kappa shape index (κ1) is 14.5.